The summed E-state index contributed by atoms with van der Waals surface area (Å²) in [7, 11) is 0. The third-order valence-electron chi connectivity index (χ3n) is 4.67. The molecule has 0 unspecified atom stereocenters. The van der Waals surface area contributed by atoms with E-state index in [1.165, 1.54) is 36.4 Å². The van der Waals surface area contributed by atoms with E-state index < -0.39 is 0 Å². The van der Waals surface area contributed by atoms with E-state index in [4.69, 9.17) is 4.74 Å². The molecule has 0 aliphatic carbocycles. The molecular formula is C19H32NO2+. The van der Waals surface area contributed by atoms with Gasteiger partial charge in [0, 0.05) is 0 Å². The molecular weight excluding hydrogens is 274 g/mol. The van der Waals surface area contributed by atoms with Crippen molar-refractivity contribution in [1.82, 2.24) is 0 Å². The highest BCUT2D eigenvalue weighted by Crippen LogP contribution is 2.24. The molecule has 1 aliphatic heterocycles. The van der Waals surface area contributed by atoms with Crippen molar-refractivity contribution in [3.8, 4) is 5.75 Å². The van der Waals surface area contributed by atoms with Gasteiger partial charge in [-0.25, -0.2) is 0 Å². The molecule has 1 aliphatic rings. The third kappa shape index (κ3) is 5.29. The summed E-state index contributed by atoms with van der Waals surface area (Å²) in [5.41, 5.74) is 1.46. The minimum absolute atomic E-state index is 0.160. The first-order chi connectivity index (χ1) is 10.3. The molecule has 1 heterocycles. The van der Waals surface area contributed by atoms with Gasteiger partial charge in [0.25, 0.3) is 0 Å². The van der Waals surface area contributed by atoms with Gasteiger partial charge in [0.1, 0.15) is 25.0 Å². The van der Waals surface area contributed by atoms with Gasteiger partial charge in [-0.05, 0) is 41.9 Å². The number of rotatable bonds is 5. The van der Waals surface area contributed by atoms with Crippen LogP contribution in [0.1, 0.15) is 46.1 Å². The number of likely N-dealkylation sites (tertiary alicyclic amines) is 1. The number of aliphatic hydroxyl groups is 1. The molecule has 1 aromatic rings. The number of aliphatic hydroxyl groups excluding tert-OH is 1. The Kier molecular flexibility index (Phi) is 5.87. The van der Waals surface area contributed by atoms with E-state index in [-0.39, 0.29) is 11.5 Å². The predicted octanol–water partition coefficient (Wildman–Crippen LogP) is 2.04. The molecule has 0 aromatic heterocycles. The lowest BCUT2D eigenvalue weighted by molar-refractivity contribution is -0.909. The Labute approximate surface area is 135 Å². The minimum Gasteiger partial charge on any atom is -0.491 e. The fourth-order valence-electron chi connectivity index (χ4n) is 3.01. The Morgan fingerprint density at radius 1 is 1.18 bits per heavy atom. The van der Waals surface area contributed by atoms with Crippen molar-refractivity contribution >= 4 is 0 Å². The molecule has 1 aromatic carbocycles. The minimum atomic E-state index is -0.384. The second-order valence-corrected chi connectivity index (χ2v) is 7.88. The average Bonchev–Trinajstić information content (AvgIpc) is 2.47. The molecule has 0 spiro atoms. The molecule has 0 radical (unpaired) electrons. The van der Waals surface area contributed by atoms with Crippen molar-refractivity contribution in [3.63, 3.8) is 0 Å². The van der Waals surface area contributed by atoms with Gasteiger partial charge in [0.2, 0.25) is 0 Å². The summed E-state index contributed by atoms with van der Waals surface area (Å²) < 4.78 is 5.73. The lowest BCUT2D eigenvalue weighted by atomic mass is 9.87. The normalized spacial score (nSPS) is 24.0. The first-order valence-corrected chi connectivity index (χ1v) is 8.59. The van der Waals surface area contributed by atoms with E-state index >= 15 is 0 Å². The fraction of sp³-hybridized carbons (Fsp3) is 0.684. The van der Waals surface area contributed by atoms with Gasteiger partial charge in [-0.1, -0.05) is 39.8 Å². The highest BCUT2D eigenvalue weighted by atomic mass is 16.5. The van der Waals surface area contributed by atoms with Crippen molar-refractivity contribution in [2.75, 3.05) is 26.2 Å². The van der Waals surface area contributed by atoms with Crippen LogP contribution < -0.4 is 9.64 Å². The molecule has 1 saturated heterocycles. The summed E-state index contributed by atoms with van der Waals surface area (Å²) in [4.78, 5) is 1.51. The Hall–Kier alpha value is -1.06. The topological polar surface area (TPSA) is 33.9 Å². The van der Waals surface area contributed by atoms with Crippen molar-refractivity contribution in [3.05, 3.63) is 29.8 Å². The summed E-state index contributed by atoms with van der Waals surface area (Å²) in [5.74, 6) is 1.69. The van der Waals surface area contributed by atoms with Crippen molar-refractivity contribution in [2.24, 2.45) is 5.92 Å². The summed E-state index contributed by atoms with van der Waals surface area (Å²) in [6.07, 6.45) is 2.17. The quantitative estimate of drug-likeness (QED) is 0.873. The fourth-order valence-corrected chi connectivity index (χ4v) is 3.01. The second-order valence-electron chi connectivity index (χ2n) is 7.88. The second kappa shape index (κ2) is 7.47. The van der Waals surface area contributed by atoms with Crippen LogP contribution in [0.5, 0.6) is 5.75 Å². The van der Waals surface area contributed by atoms with E-state index in [1.54, 1.807) is 0 Å². The number of piperidine rings is 1. The SMILES string of the molecule is CC1CC[NH+](C[C@H](O)COc2ccc(C(C)(C)C)cc2)CC1. The highest BCUT2D eigenvalue weighted by molar-refractivity contribution is 5.31. The molecule has 3 nitrogen and oxygen atoms in total. The molecule has 1 atom stereocenters. The van der Waals surface area contributed by atoms with Crippen LogP contribution in [0.25, 0.3) is 0 Å². The molecule has 2 rings (SSSR count). The molecule has 0 amide bonds. The monoisotopic (exact) mass is 306 g/mol. The van der Waals surface area contributed by atoms with Gasteiger partial charge in [0.05, 0.1) is 13.1 Å². The van der Waals surface area contributed by atoms with Crippen LogP contribution >= 0.6 is 0 Å². The van der Waals surface area contributed by atoms with Crippen LogP contribution in [0.3, 0.4) is 0 Å². The molecule has 2 N–H and O–H groups in total. The van der Waals surface area contributed by atoms with Gasteiger partial charge in [-0.15, -0.1) is 0 Å². The largest absolute Gasteiger partial charge is 0.491 e. The summed E-state index contributed by atoms with van der Waals surface area (Å²) in [5, 5.41) is 10.2. The standard InChI is InChI=1S/C19H31NO2/c1-15-9-11-20(12-10-15)13-17(21)14-22-18-7-5-16(6-8-18)19(2,3)4/h5-8,15,17,21H,9-14H2,1-4H3/p+1/t17-/m0/s1. The number of ether oxygens (including phenoxy) is 1. The molecule has 1 fully saturated rings. The first-order valence-electron chi connectivity index (χ1n) is 8.59. The van der Waals surface area contributed by atoms with Crippen LogP contribution in [-0.4, -0.2) is 37.5 Å². The Bertz CT molecular complexity index is 441. The van der Waals surface area contributed by atoms with E-state index in [1.807, 2.05) is 12.1 Å². The van der Waals surface area contributed by atoms with Gasteiger partial charge >= 0.3 is 0 Å². The molecule has 124 valence electrons. The van der Waals surface area contributed by atoms with Crippen molar-refractivity contribution in [1.29, 1.82) is 0 Å². The Morgan fingerprint density at radius 3 is 2.32 bits per heavy atom. The number of quaternary nitrogens is 1. The van der Waals surface area contributed by atoms with E-state index in [2.05, 4.69) is 39.8 Å². The predicted molar refractivity (Wildman–Crippen MR) is 90.6 cm³/mol. The zero-order valence-corrected chi connectivity index (χ0v) is 14.6. The van der Waals surface area contributed by atoms with Crippen LogP contribution in [0.2, 0.25) is 0 Å². The van der Waals surface area contributed by atoms with Crippen molar-refractivity contribution < 1.29 is 14.7 Å². The van der Waals surface area contributed by atoms with Crippen LogP contribution in [0.4, 0.5) is 0 Å². The summed E-state index contributed by atoms with van der Waals surface area (Å²) in [6, 6.07) is 8.23. The van der Waals surface area contributed by atoms with E-state index in [0.717, 1.165) is 18.2 Å². The Balaban J connectivity index is 1.75. The maximum atomic E-state index is 10.2. The number of hydrogen-bond donors (Lipinski definition) is 2. The van der Waals surface area contributed by atoms with E-state index in [0.29, 0.717) is 6.61 Å². The maximum absolute atomic E-state index is 10.2. The smallest absolute Gasteiger partial charge is 0.137 e. The summed E-state index contributed by atoms with van der Waals surface area (Å²) >= 11 is 0. The highest BCUT2D eigenvalue weighted by Gasteiger charge is 2.21. The third-order valence-corrected chi connectivity index (χ3v) is 4.67. The van der Waals surface area contributed by atoms with Crippen LogP contribution in [0.15, 0.2) is 24.3 Å². The maximum Gasteiger partial charge on any atom is 0.137 e. The lowest BCUT2D eigenvalue weighted by Crippen LogP contribution is -3.14. The average molecular weight is 306 g/mol. The number of hydrogen-bond acceptors (Lipinski definition) is 2. The number of benzene rings is 1. The van der Waals surface area contributed by atoms with Crippen LogP contribution in [-0.2, 0) is 5.41 Å². The molecule has 3 heteroatoms. The van der Waals surface area contributed by atoms with Gasteiger partial charge in [-0.2, -0.15) is 0 Å². The molecule has 0 saturated carbocycles. The zero-order chi connectivity index (χ0) is 16.2. The molecule has 0 bridgehead atoms. The number of nitrogens with one attached hydrogen (secondary N) is 1. The van der Waals surface area contributed by atoms with E-state index in [9.17, 15) is 5.11 Å². The lowest BCUT2D eigenvalue weighted by Gasteiger charge is -2.28. The van der Waals surface area contributed by atoms with Gasteiger partial charge < -0.3 is 14.7 Å². The van der Waals surface area contributed by atoms with Crippen molar-refractivity contribution in [2.45, 2.75) is 52.1 Å². The summed E-state index contributed by atoms with van der Waals surface area (Å²) in [6.45, 7) is 12.5. The van der Waals surface area contributed by atoms with Crippen LogP contribution in [0, 0.1) is 5.92 Å². The van der Waals surface area contributed by atoms with Gasteiger partial charge in [0.15, 0.2) is 0 Å². The Morgan fingerprint density at radius 2 is 1.77 bits per heavy atom. The molecule has 22 heavy (non-hydrogen) atoms. The zero-order valence-electron chi connectivity index (χ0n) is 14.6. The first kappa shape index (κ1) is 17.3. The van der Waals surface area contributed by atoms with Gasteiger partial charge in [-0.3, -0.25) is 0 Å².